The molecular weight excluding hydrogens is 605 g/mol. The van der Waals surface area contributed by atoms with Gasteiger partial charge >= 0.3 is 0 Å². The zero-order valence-corrected chi connectivity index (χ0v) is 25.6. The van der Waals surface area contributed by atoms with Crippen LogP contribution in [0.5, 0.6) is 0 Å². The van der Waals surface area contributed by atoms with E-state index in [-0.39, 0.29) is 48.3 Å². The molecule has 1 saturated carbocycles. The number of aromatic nitrogens is 6. The Morgan fingerprint density at radius 2 is 1.14 bits per heavy atom. The summed E-state index contributed by atoms with van der Waals surface area (Å²) in [7, 11) is 0. The summed E-state index contributed by atoms with van der Waals surface area (Å²) in [6.45, 7) is 2.79. The van der Waals surface area contributed by atoms with Crippen molar-refractivity contribution in [3.8, 4) is 0 Å². The van der Waals surface area contributed by atoms with E-state index in [9.17, 15) is 19.2 Å². The predicted octanol–water partition coefficient (Wildman–Crippen LogP) is 3.90. The first-order valence-corrected chi connectivity index (χ1v) is 15.6. The molecule has 1 aliphatic carbocycles. The van der Waals surface area contributed by atoms with Gasteiger partial charge in [-0.05, 0) is 43.5 Å². The van der Waals surface area contributed by atoms with Gasteiger partial charge in [0.05, 0.1) is 24.2 Å². The van der Waals surface area contributed by atoms with Crippen LogP contribution in [-0.4, -0.2) is 54.0 Å². The summed E-state index contributed by atoms with van der Waals surface area (Å²) in [4.78, 5) is 56.3. The van der Waals surface area contributed by atoms with Crippen LogP contribution in [0.4, 0.5) is 21.9 Å². The number of hydrogen-bond donors (Lipinski definition) is 4. The molecule has 0 aliphatic heterocycles. The molecule has 4 aromatic rings. The quantitative estimate of drug-likeness (QED) is 0.199. The highest BCUT2D eigenvalue weighted by molar-refractivity contribution is 7.15. The number of rotatable bonds is 10. The molecule has 228 valence electrons. The minimum absolute atomic E-state index is 0.0315. The average Bonchev–Trinajstić information content (AvgIpc) is 3.63. The minimum atomic E-state index is -0.277. The van der Waals surface area contributed by atoms with Crippen molar-refractivity contribution in [1.29, 1.82) is 0 Å². The summed E-state index contributed by atoms with van der Waals surface area (Å²) in [5.41, 5.74) is 1.04. The monoisotopic (exact) mass is 634 g/mol. The number of carbonyl (C=O) groups is 4. The van der Waals surface area contributed by atoms with Crippen LogP contribution in [-0.2, 0) is 32.0 Å². The lowest BCUT2D eigenvalue weighted by atomic mass is 9.82. The lowest BCUT2D eigenvalue weighted by molar-refractivity contribution is -0.116. The van der Waals surface area contributed by atoms with E-state index in [2.05, 4.69) is 51.6 Å². The van der Waals surface area contributed by atoms with E-state index in [0.717, 1.165) is 35.7 Å². The van der Waals surface area contributed by atoms with Crippen LogP contribution >= 0.6 is 22.7 Å². The molecular formula is C28H30N10O4S2. The third kappa shape index (κ3) is 8.67. The summed E-state index contributed by atoms with van der Waals surface area (Å²) < 4.78 is 0. The second kappa shape index (κ2) is 14.2. The Labute approximate surface area is 260 Å². The lowest BCUT2D eigenvalue weighted by Gasteiger charge is -2.25. The highest BCUT2D eigenvalue weighted by atomic mass is 32.1. The molecule has 1 fully saturated rings. The Balaban J connectivity index is 1.13. The highest BCUT2D eigenvalue weighted by Crippen LogP contribution is 2.43. The molecule has 2 atom stereocenters. The molecule has 0 spiro atoms. The van der Waals surface area contributed by atoms with Crippen LogP contribution in [0.1, 0.15) is 72.8 Å². The molecule has 0 saturated heterocycles. The minimum Gasteiger partial charge on any atom is -0.311 e. The maximum absolute atomic E-state index is 12.6. The van der Waals surface area contributed by atoms with Gasteiger partial charge in [-0.25, -0.2) is 9.97 Å². The van der Waals surface area contributed by atoms with Gasteiger partial charge in [0, 0.05) is 25.7 Å². The van der Waals surface area contributed by atoms with Crippen LogP contribution in [0.3, 0.4) is 0 Å². The van der Waals surface area contributed by atoms with E-state index < -0.39 is 0 Å². The summed E-state index contributed by atoms with van der Waals surface area (Å²) in [5, 5.41) is 30.4. The molecule has 4 amide bonds. The maximum atomic E-state index is 12.6. The van der Waals surface area contributed by atoms with Crippen LogP contribution in [0.2, 0.25) is 0 Å². The maximum Gasteiger partial charge on any atom is 0.232 e. The van der Waals surface area contributed by atoms with Crippen molar-refractivity contribution in [1.82, 2.24) is 30.4 Å². The molecule has 0 bridgehead atoms. The lowest BCUT2D eigenvalue weighted by Crippen LogP contribution is -2.16. The van der Waals surface area contributed by atoms with Crippen molar-refractivity contribution in [3.05, 3.63) is 57.8 Å². The van der Waals surface area contributed by atoms with Gasteiger partial charge in [0.1, 0.15) is 21.7 Å². The molecule has 16 heteroatoms. The Kier molecular flexibility index (Phi) is 9.91. The largest absolute Gasteiger partial charge is 0.311 e. The van der Waals surface area contributed by atoms with Gasteiger partial charge in [-0.15, -0.1) is 20.4 Å². The number of carbonyl (C=O) groups excluding carboxylic acids is 4. The van der Waals surface area contributed by atoms with Crippen molar-refractivity contribution in [2.45, 2.75) is 64.2 Å². The molecule has 44 heavy (non-hydrogen) atoms. The van der Waals surface area contributed by atoms with Crippen LogP contribution in [0.25, 0.3) is 0 Å². The van der Waals surface area contributed by atoms with Crippen molar-refractivity contribution < 1.29 is 19.2 Å². The van der Waals surface area contributed by atoms with E-state index in [4.69, 9.17) is 0 Å². The van der Waals surface area contributed by atoms with E-state index in [0.29, 0.717) is 33.3 Å². The first-order valence-electron chi connectivity index (χ1n) is 13.9. The van der Waals surface area contributed by atoms with Gasteiger partial charge in [0.2, 0.25) is 33.9 Å². The van der Waals surface area contributed by atoms with Crippen molar-refractivity contribution in [3.63, 3.8) is 0 Å². The average molecular weight is 635 g/mol. The summed E-state index contributed by atoms with van der Waals surface area (Å²) >= 11 is 2.71. The summed E-state index contributed by atoms with van der Waals surface area (Å²) in [5.74, 6) is 0.0819. The van der Waals surface area contributed by atoms with Crippen LogP contribution < -0.4 is 21.3 Å². The number of nitrogens with zero attached hydrogens (tertiary/aromatic N) is 6. The van der Waals surface area contributed by atoms with Gasteiger partial charge in [-0.3, -0.25) is 19.2 Å². The van der Waals surface area contributed by atoms with E-state index in [1.165, 1.54) is 36.5 Å². The van der Waals surface area contributed by atoms with Gasteiger partial charge in [-0.1, -0.05) is 41.2 Å². The van der Waals surface area contributed by atoms with Gasteiger partial charge in [0.25, 0.3) is 0 Å². The molecule has 4 N–H and O–H groups in total. The number of amides is 4. The van der Waals surface area contributed by atoms with Crippen molar-refractivity contribution >= 4 is 68.2 Å². The third-order valence-electron chi connectivity index (χ3n) is 6.65. The normalized spacial score (nSPS) is 16.1. The Morgan fingerprint density at radius 3 is 1.57 bits per heavy atom. The SMILES string of the molecule is CC(=O)Nc1cccc(CC(=O)Nc2nnc([C@@H]3CCC[C@H](c4nnc(NC(=O)Cc5cccc(NC(C)=O)n5)s4)C3)s2)n1. The molecule has 0 radical (unpaired) electrons. The number of pyridine rings is 2. The molecule has 4 aromatic heterocycles. The topological polar surface area (TPSA) is 194 Å². The molecule has 14 nitrogen and oxygen atoms in total. The third-order valence-corrected chi connectivity index (χ3v) is 8.65. The second-order valence-electron chi connectivity index (χ2n) is 10.3. The zero-order chi connectivity index (χ0) is 31.1. The first-order chi connectivity index (χ1) is 21.2. The fourth-order valence-corrected chi connectivity index (χ4v) is 6.66. The zero-order valence-electron chi connectivity index (χ0n) is 24.0. The molecule has 0 aromatic carbocycles. The molecule has 1 aliphatic rings. The van der Waals surface area contributed by atoms with Crippen LogP contribution in [0.15, 0.2) is 36.4 Å². The number of hydrogen-bond acceptors (Lipinski definition) is 12. The fourth-order valence-electron chi connectivity index (χ4n) is 4.85. The Bertz CT molecular complexity index is 1550. The smallest absolute Gasteiger partial charge is 0.232 e. The fraction of sp³-hybridized carbons (Fsp3) is 0.357. The van der Waals surface area contributed by atoms with E-state index in [1.807, 2.05) is 0 Å². The van der Waals surface area contributed by atoms with Gasteiger partial charge in [0.15, 0.2) is 0 Å². The van der Waals surface area contributed by atoms with Gasteiger partial charge < -0.3 is 21.3 Å². The predicted molar refractivity (Wildman–Crippen MR) is 166 cm³/mol. The standard InChI is InChI=1S/C28H30N10O4S2/c1-15(39)29-21-10-4-8-19(31-21)13-23(41)33-27-37-35-25(43-27)17-6-3-7-18(12-17)26-36-38-28(44-26)34-24(42)14-20-9-5-11-22(32-20)30-16(2)40/h4-5,8-11,17-18H,3,6-7,12-14H2,1-2H3,(H,29,31,39)(H,30,32,40)(H,33,37,41)(H,34,38,42)/t17-,18+. The van der Waals surface area contributed by atoms with Gasteiger partial charge in [-0.2, -0.15) is 0 Å². The van der Waals surface area contributed by atoms with Crippen molar-refractivity contribution in [2.24, 2.45) is 0 Å². The second-order valence-corrected chi connectivity index (χ2v) is 12.3. The number of nitrogens with one attached hydrogen (secondary N) is 4. The number of anilines is 4. The summed E-state index contributed by atoms with van der Waals surface area (Å²) in [6, 6.07) is 10.2. The highest BCUT2D eigenvalue weighted by Gasteiger charge is 2.29. The van der Waals surface area contributed by atoms with Crippen molar-refractivity contribution in [2.75, 3.05) is 21.3 Å². The molecule has 4 heterocycles. The van der Waals surface area contributed by atoms with E-state index in [1.54, 1.807) is 36.4 Å². The molecule has 5 rings (SSSR count). The Morgan fingerprint density at radius 1 is 0.682 bits per heavy atom. The Hall–Kier alpha value is -4.70. The first kappa shape index (κ1) is 30.7. The summed E-state index contributed by atoms with van der Waals surface area (Å²) in [6.07, 6.45) is 3.75. The van der Waals surface area contributed by atoms with E-state index >= 15 is 0 Å². The van der Waals surface area contributed by atoms with Crippen LogP contribution in [0, 0.1) is 0 Å². The molecule has 0 unspecified atom stereocenters.